The van der Waals surface area contributed by atoms with E-state index in [1.807, 2.05) is 60.3 Å². The molecule has 2 aromatic rings. The van der Waals surface area contributed by atoms with Gasteiger partial charge in [0.25, 0.3) is 0 Å². The van der Waals surface area contributed by atoms with Gasteiger partial charge in [0.15, 0.2) is 0 Å². The van der Waals surface area contributed by atoms with Crippen LogP contribution in [0.3, 0.4) is 0 Å². The van der Waals surface area contributed by atoms with Crippen LogP contribution in [-0.4, -0.2) is 79.4 Å². The number of ether oxygens (including phenoxy) is 4. The number of urea groups is 1. The van der Waals surface area contributed by atoms with Gasteiger partial charge in [-0.15, -0.1) is 0 Å². The maximum absolute atomic E-state index is 13.9. The summed E-state index contributed by atoms with van der Waals surface area (Å²) in [4.78, 5) is 29.2. The van der Waals surface area contributed by atoms with Crippen LogP contribution < -0.4 is 9.47 Å². The van der Waals surface area contributed by atoms with Gasteiger partial charge in [-0.2, -0.15) is 11.8 Å². The van der Waals surface area contributed by atoms with E-state index in [0.29, 0.717) is 37.8 Å². The van der Waals surface area contributed by atoms with E-state index in [-0.39, 0.29) is 24.1 Å². The summed E-state index contributed by atoms with van der Waals surface area (Å²) in [6, 6.07) is 16.6. The van der Waals surface area contributed by atoms with Crippen molar-refractivity contribution in [1.82, 2.24) is 9.80 Å². The van der Waals surface area contributed by atoms with Gasteiger partial charge in [-0.3, -0.25) is 4.79 Å². The van der Waals surface area contributed by atoms with Crippen LogP contribution in [0, 0.1) is 0 Å². The Morgan fingerprint density at radius 2 is 1.52 bits per heavy atom. The molecule has 2 heterocycles. The van der Waals surface area contributed by atoms with Crippen molar-refractivity contribution in [2.75, 3.05) is 40.3 Å². The average molecular weight is 597 g/mol. The van der Waals surface area contributed by atoms with Crippen molar-refractivity contribution >= 4 is 23.8 Å². The molecule has 2 aromatic carbocycles. The Labute approximate surface area is 254 Å². The highest BCUT2D eigenvalue weighted by Gasteiger charge is 2.52. The number of unbranched alkanes of at least 4 members (excludes halogenated alkanes) is 2. The van der Waals surface area contributed by atoms with Gasteiger partial charge in [-0.05, 0) is 54.7 Å². The van der Waals surface area contributed by atoms with Crippen LogP contribution in [0.25, 0.3) is 0 Å². The third-order valence-corrected chi connectivity index (χ3v) is 9.41. The second kappa shape index (κ2) is 16.5. The number of rotatable bonds is 17. The molecule has 0 saturated carbocycles. The number of nitrogens with zero attached hydrogens (tertiary/aromatic N) is 2. The van der Waals surface area contributed by atoms with Gasteiger partial charge < -0.3 is 28.7 Å². The lowest BCUT2D eigenvalue weighted by Crippen LogP contribution is -2.40. The van der Waals surface area contributed by atoms with Crippen LogP contribution in [0.2, 0.25) is 0 Å². The largest absolute Gasteiger partial charge is 0.497 e. The van der Waals surface area contributed by atoms with E-state index in [1.54, 1.807) is 14.2 Å². The molecule has 3 atom stereocenters. The van der Waals surface area contributed by atoms with Crippen LogP contribution in [0.1, 0.15) is 49.7 Å². The van der Waals surface area contributed by atoms with E-state index in [4.69, 9.17) is 14.2 Å². The summed E-state index contributed by atoms with van der Waals surface area (Å²) in [6.45, 7) is 2.49. The minimum absolute atomic E-state index is 0.120. The lowest BCUT2D eigenvalue weighted by atomic mass is 10.0. The zero-order chi connectivity index (χ0) is 29.7. The molecule has 2 saturated heterocycles. The molecule has 2 aliphatic rings. The van der Waals surface area contributed by atoms with Crippen LogP contribution in [0.4, 0.5) is 4.79 Å². The number of carbonyl (C=O) groups is 2. The number of allylic oxidation sites excluding steroid dienone is 1. The van der Waals surface area contributed by atoms with E-state index in [2.05, 4.69) is 26.7 Å². The summed E-state index contributed by atoms with van der Waals surface area (Å²) >= 11 is 2.01. The Morgan fingerprint density at radius 1 is 0.881 bits per heavy atom. The number of methoxy groups -OCH3 is 3. The van der Waals surface area contributed by atoms with Crippen molar-refractivity contribution in [3.8, 4) is 11.5 Å². The summed E-state index contributed by atoms with van der Waals surface area (Å²) in [5, 5.41) is 0.414. The molecular formula is C33H44N2O6S. The highest BCUT2D eigenvalue weighted by molar-refractivity contribution is 8.00. The van der Waals surface area contributed by atoms with E-state index in [1.165, 1.54) is 7.11 Å². The minimum atomic E-state index is -0.192. The molecule has 2 aliphatic heterocycles. The lowest BCUT2D eigenvalue weighted by molar-refractivity contribution is -0.140. The van der Waals surface area contributed by atoms with Gasteiger partial charge in [-0.1, -0.05) is 49.3 Å². The lowest BCUT2D eigenvalue weighted by Gasteiger charge is -2.27. The molecule has 0 radical (unpaired) electrons. The number of esters is 1. The quantitative estimate of drug-likeness (QED) is 0.0948. The van der Waals surface area contributed by atoms with Crippen molar-refractivity contribution in [3.63, 3.8) is 0 Å². The minimum Gasteiger partial charge on any atom is -0.497 e. The van der Waals surface area contributed by atoms with Gasteiger partial charge in [0.05, 0.1) is 40.0 Å². The van der Waals surface area contributed by atoms with E-state index in [9.17, 15) is 9.59 Å². The Morgan fingerprint density at radius 3 is 2.14 bits per heavy atom. The van der Waals surface area contributed by atoms with Gasteiger partial charge in [0.1, 0.15) is 11.5 Å². The third kappa shape index (κ3) is 8.67. The number of benzene rings is 2. The maximum Gasteiger partial charge on any atom is 0.321 e. The van der Waals surface area contributed by atoms with Crippen molar-refractivity contribution in [3.05, 3.63) is 71.8 Å². The molecule has 9 heteroatoms. The predicted molar refractivity (Wildman–Crippen MR) is 166 cm³/mol. The summed E-state index contributed by atoms with van der Waals surface area (Å²) in [5.41, 5.74) is 2.22. The van der Waals surface area contributed by atoms with Gasteiger partial charge in [0.2, 0.25) is 0 Å². The summed E-state index contributed by atoms with van der Waals surface area (Å²) < 4.78 is 21.0. The first-order chi connectivity index (χ1) is 20.5. The molecule has 0 aromatic heterocycles. The summed E-state index contributed by atoms with van der Waals surface area (Å²) in [6.07, 6.45) is 9.31. The van der Waals surface area contributed by atoms with Crippen LogP contribution in [0.5, 0.6) is 11.5 Å². The van der Waals surface area contributed by atoms with E-state index in [0.717, 1.165) is 60.7 Å². The second-order valence-electron chi connectivity index (χ2n) is 10.7. The number of thioether (sulfide) groups is 1. The Balaban J connectivity index is 1.30. The molecule has 0 spiro atoms. The normalized spacial score (nSPS) is 19.9. The van der Waals surface area contributed by atoms with Crippen LogP contribution in [-0.2, 0) is 27.4 Å². The molecule has 42 heavy (non-hydrogen) atoms. The Kier molecular flexibility index (Phi) is 12.4. The first-order valence-corrected chi connectivity index (χ1v) is 15.8. The SMILES string of the molecule is COC(=O)CCC=CCOCCCCC[C@@H]1SC[C@H]2[C@@H]1N(Cc1ccc(OC)cc1)C(=O)N2Cc1ccc(OC)cc1. The average Bonchev–Trinajstić information content (AvgIpc) is 3.54. The topological polar surface area (TPSA) is 77.5 Å². The van der Waals surface area contributed by atoms with Gasteiger partial charge in [-0.25, -0.2) is 4.79 Å². The number of carbonyl (C=O) groups excluding carboxylic acids is 2. The molecule has 4 rings (SSSR count). The van der Waals surface area contributed by atoms with E-state index >= 15 is 0 Å². The monoisotopic (exact) mass is 596 g/mol. The molecule has 8 nitrogen and oxygen atoms in total. The predicted octanol–water partition coefficient (Wildman–Crippen LogP) is 6.08. The molecule has 228 valence electrons. The number of hydrogen-bond acceptors (Lipinski definition) is 7. The molecule has 0 bridgehead atoms. The molecule has 0 aliphatic carbocycles. The zero-order valence-electron chi connectivity index (χ0n) is 25.0. The van der Waals surface area contributed by atoms with Crippen molar-refractivity contribution in [1.29, 1.82) is 0 Å². The van der Waals surface area contributed by atoms with Crippen LogP contribution >= 0.6 is 11.8 Å². The number of fused-ring (bicyclic) bond motifs is 1. The standard InChI is InChI=1S/C33H44N2O6S/c1-38-27-16-12-25(13-17-27)22-34-29-24-42-30(10-6-4-8-20-41-21-9-5-7-11-31(36)40-3)32(29)35(33(34)37)23-26-14-18-28(39-2)19-15-26/h5,9,12-19,29-30,32H,4,6-8,10-11,20-24H2,1-3H3/t29-,30-,32-/m0/s1. The third-order valence-electron chi connectivity index (χ3n) is 7.93. The summed E-state index contributed by atoms with van der Waals surface area (Å²) in [5.74, 6) is 2.41. The highest BCUT2D eigenvalue weighted by atomic mass is 32.2. The number of hydrogen-bond donors (Lipinski definition) is 0. The maximum atomic E-state index is 13.9. The first kappa shape index (κ1) is 31.8. The smallest absolute Gasteiger partial charge is 0.321 e. The van der Waals surface area contributed by atoms with Gasteiger partial charge >= 0.3 is 12.0 Å². The molecule has 2 fully saturated rings. The van der Waals surface area contributed by atoms with Crippen molar-refractivity contribution in [2.45, 2.75) is 68.9 Å². The molecule has 2 amide bonds. The van der Waals surface area contributed by atoms with E-state index < -0.39 is 0 Å². The fraction of sp³-hybridized carbons (Fsp3) is 0.515. The fourth-order valence-electron chi connectivity index (χ4n) is 5.62. The fourth-order valence-corrected chi connectivity index (χ4v) is 7.30. The Bertz CT molecular complexity index is 1160. The molecular weight excluding hydrogens is 552 g/mol. The van der Waals surface area contributed by atoms with Crippen molar-refractivity contribution < 1.29 is 28.5 Å². The highest BCUT2D eigenvalue weighted by Crippen LogP contribution is 2.43. The number of amides is 2. The van der Waals surface area contributed by atoms with Crippen LogP contribution in [0.15, 0.2) is 60.7 Å². The second-order valence-corrected chi connectivity index (χ2v) is 11.9. The molecule has 0 N–H and O–H groups in total. The molecule has 0 unspecified atom stereocenters. The zero-order valence-corrected chi connectivity index (χ0v) is 25.9. The first-order valence-electron chi connectivity index (χ1n) is 14.8. The summed E-state index contributed by atoms with van der Waals surface area (Å²) in [7, 11) is 4.74. The van der Waals surface area contributed by atoms with Gasteiger partial charge in [0, 0.05) is 37.1 Å². The van der Waals surface area contributed by atoms with Crippen molar-refractivity contribution in [2.24, 2.45) is 0 Å². The Hall–Kier alpha value is -3.17.